The van der Waals surface area contributed by atoms with Crippen molar-refractivity contribution < 1.29 is 23.7 Å². The van der Waals surface area contributed by atoms with Gasteiger partial charge in [0.1, 0.15) is 24.1 Å². The van der Waals surface area contributed by atoms with Crippen molar-refractivity contribution >= 4 is 11.6 Å². The molecule has 3 N–H and O–H groups in total. The van der Waals surface area contributed by atoms with Gasteiger partial charge in [-0.2, -0.15) is 0 Å². The van der Waals surface area contributed by atoms with Gasteiger partial charge >= 0.3 is 0 Å². The highest BCUT2D eigenvalue weighted by atomic mass is 16.8. The molecular formula is C16H19N3O5. The van der Waals surface area contributed by atoms with Gasteiger partial charge in [-0.05, 0) is 23.8 Å². The van der Waals surface area contributed by atoms with E-state index in [9.17, 15) is 4.79 Å². The summed E-state index contributed by atoms with van der Waals surface area (Å²) in [7, 11) is 1.54. The Morgan fingerprint density at radius 3 is 2.79 bits per heavy atom. The molecule has 0 spiro atoms. The maximum absolute atomic E-state index is 12.0. The van der Waals surface area contributed by atoms with Crippen molar-refractivity contribution in [1.29, 1.82) is 0 Å². The summed E-state index contributed by atoms with van der Waals surface area (Å²) < 4.78 is 20.4. The van der Waals surface area contributed by atoms with Crippen molar-refractivity contribution in [3.8, 4) is 5.75 Å². The van der Waals surface area contributed by atoms with E-state index >= 15 is 0 Å². The molecule has 0 atom stereocenters. The molecule has 2 heterocycles. The van der Waals surface area contributed by atoms with Gasteiger partial charge in [0.2, 0.25) is 0 Å². The molecule has 24 heavy (non-hydrogen) atoms. The van der Waals surface area contributed by atoms with E-state index in [1.807, 2.05) is 18.2 Å². The van der Waals surface area contributed by atoms with Gasteiger partial charge in [0, 0.05) is 19.2 Å². The van der Waals surface area contributed by atoms with Crippen LogP contribution in [0.25, 0.3) is 0 Å². The molecule has 0 bridgehead atoms. The number of allylic oxidation sites excluding steroid dienone is 1. The fourth-order valence-corrected chi connectivity index (χ4v) is 2.45. The Balaban J connectivity index is 1.60. The minimum atomic E-state index is -0.191. The lowest BCUT2D eigenvalue weighted by Gasteiger charge is -2.29. The number of hydrogen-bond donors (Lipinski definition) is 3. The second kappa shape index (κ2) is 7.35. The van der Waals surface area contributed by atoms with Crippen molar-refractivity contribution in [1.82, 2.24) is 10.6 Å². The zero-order chi connectivity index (χ0) is 16.9. The summed E-state index contributed by atoms with van der Waals surface area (Å²) in [4.78, 5) is 12.0. The standard InChI is InChI=1S/C16H19N3O5/c1-10-17-14-6-11-5-12(24-9-23-8-22-7-21-2)3-4-13(11)19-15(14)16(20)18-10/h3-5,17,19H,1,6-9H2,2H3,(H,18,20). The summed E-state index contributed by atoms with van der Waals surface area (Å²) in [6.07, 6.45) is 0.582. The number of benzene rings is 1. The number of carbonyl (C=O) groups is 1. The first kappa shape index (κ1) is 16.3. The Hall–Kier alpha value is -2.55. The van der Waals surface area contributed by atoms with Crippen LogP contribution in [0.2, 0.25) is 0 Å². The first-order valence-corrected chi connectivity index (χ1v) is 7.35. The van der Waals surface area contributed by atoms with Gasteiger partial charge in [0.15, 0.2) is 13.6 Å². The third-order valence-corrected chi connectivity index (χ3v) is 3.48. The molecule has 0 saturated carbocycles. The third kappa shape index (κ3) is 3.67. The zero-order valence-corrected chi connectivity index (χ0v) is 13.3. The molecule has 2 aliphatic heterocycles. The van der Waals surface area contributed by atoms with Crippen molar-refractivity contribution in [3.63, 3.8) is 0 Å². The van der Waals surface area contributed by atoms with E-state index in [0.29, 0.717) is 23.7 Å². The third-order valence-electron chi connectivity index (χ3n) is 3.48. The van der Waals surface area contributed by atoms with Crippen LogP contribution in [-0.2, 0) is 25.4 Å². The van der Waals surface area contributed by atoms with E-state index in [2.05, 4.69) is 22.5 Å². The highest BCUT2D eigenvalue weighted by Gasteiger charge is 2.27. The van der Waals surface area contributed by atoms with Gasteiger partial charge < -0.3 is 34.9 Å². The monoisotopic (exact) mass is 333 g/mol. The van der Waals surface area contributed by atoms with Crippen LogP contribution in [0.1, 0.15) is 5.56 Å². The van der Waals surface area contributed by atoms with Gasteiger partial charge in [0.05, 0.1) is 5.70 Å². The van der Waals surface area contributed by atoms with Crippen LogP contribution < -0.4 is 20.7 Å². The molecule has 0 unspecified atom stereocenters. The molecule has 128 valence electrons. The van der Waals surface area contributed by atoms with E-state index in [4.69, 9.17) is 18.9 Å². The van der Waals surface area contributed by atoms with Gasteiger partial charge in [-0.15, -0.1) is 0 Å². The van der Waals surface area contributed by atoms with Crippen molar-refractivity contribution in [3.05, 3.63) is 47.6 Å². The highest BCUT2D eigenvalue weighted by molar-refractivity contribution is 6.00. The number of methoxy groups -OCH3 is 1. The molecule has 3 rings (SSSR count). The van der Waals surface area contributed by atoms with Crippen LogP contribution in [0.3, 0.4) is 0 Å². The molecule has 1 aromatic carbocycles. The molecule has 0 fully saturated rings. The first-order valence-electron chi connectivity index (χ1n) is 7.35. The molecule has 1 aromatic rings. The number of fused-ring (bicyclic) bond motifs is 1. The molecule has 8 nitrogen and oxygen atoms in total. The average Bonchev–Trinajstić information content (AvgIpc) is 2.56. The van der Waals surface area contributed by atoms with Gasteiger partial charge in [-0.25, -0.2) is 0 Å². The fourth-order valence-electron chi connectivity index (χ4n) is 2.45. The second-order valence-corrected chi connectivity index (χ2v) is 5.23. The van der Waals surface area contributed by atoms with Gasteiger partial charge in [0.25, 0.3) is 5.91 Å². The zero-order valence-electron chi connectivity index (χ0n) is 13.3. The smallest absolute Gasteiger partial charge is 0.275 e. The van der Waals surface area contributed by atoms with E-state index in [1.165, 1.54) is 0 Å². The summed E-state index contributed by atoms with van der Waals surface area (Å²) in [5, 5.41) is 8.85. The van der Waals surface area contributed by atoms with Crippen LogP contribution in [0.15, 0.2) is 42.0 Å². The Kier molecular flexibility index (Phi) is 4.99. The molecule has 0 saturated heterocycles. The van der Waals surface area contributed by atoms with E-state index in [0.717, 1.165) is 16.9 Å². The van der Waals surface area contributed by atoms with Crippen molar-refractivity contribution in [2.45, 2.75) is 6.42 Å². The molecule has 1 amide bonds. The van der Waals surface area contributed by atoms with Crippen LogP contribution in [0.4, 0.5) is 5.69 Å². The van der Waals surface area contributed by atoms with Crippen LogP contribution in [-0.4, -0.2) is 33.4 Å². The predicted octanol–water partition coefficient (Wildman–Crippen LogP) is 0.988. The number of hydrogen-bond acceptors (Lipinski definition) is 7. The predicted molar refractivity (Wildman–Crippen MR) is 85.6 cm³/mol. The molecular weight excluding hydrogens is 314 g/mol. The molecule has 0 radical (unpaired) electrons. The first-order chi connectivity index (χ1) is 11.7. The number of nitrogens with one attached hydrogen (secondary N) is 3. The normalized spacial score (nSPS) is 15.9. The average molecular weight is 333 g/mol. The lowest BCUT2D eigenvalue weighted by molar-refractivity contribution is -0.145. The Morgan fingerprint density at radius 1 is 1.12 bits per heavy atom. The second-order valence-electron chi connectivity index (χ2n) is 5.23. The van der Waals surface area contributed by atoms with E-state index < -0.39 is 0 Å². The number of carbonyl (C=O) groups excluding carboxylic acids is 1. The van der Waals surface area contributed by atoms with Crippen LogP contribution in [0.5, 0.6) is 5.75 Å². The molecule has 0 aliphatic carbocycles. The maximum Gasteiger partial charge on any atom is 0.275 e. The molecule has 0 aromatic heterocycles. The quantitative estimate of drug-likeness (QED) is 0.506. The number of rotatable bonds is 7. The Labute approximate surface area is 139 Å². The van der Waals surface area contributed by atoms with Crippen molar-refractivity contribution in [2.24, 2.45) is 0 Å². The fraction of sp³-hybridized carbons (Fsp3) is 0.312. The van der Waals surface area contributed by atoms with Crippen LogP contribution >= 0.6 is 0 Å². The summed E-state index contributed by atoms with van der Waals surface area (Å²) in [6.45, 7) is 4.07. The Morgan fingerprint density at radius 2 is 1.96 bits per heavy atom. The van der Waals surface area contributed by atoms with Crippen molar-refractivity contribution in [2.75, 3.05) is 32.8 Å². The minimum Gasteiger partial charge on any atom is -0.467 e. The summed E-state index contributed by atoms with van der Waals surface area (Å²) in [5.74, 6) is 0.954. The van der Waals surface area contributed by atoms with E-state index in [-0.39, 0.29) is 26.3 Å². The lowest BCUT2D eigenvalue weighted by atomic mass is 10.00. The lowest BCUT2D eigenvalue weighted by Crippen LogP contribution is -2.42. The number of ether oxygens (including phenoxy) is 4. The van der Waals surface area contributed by atoms with E-state index in [1.54, 1.807) is 7.11 Å². The Bertz CT molecular complexity index is 686. The minimum absolute atomic E-state index is 0.0708. The number of anilines is 1. The summed E-state index contributed by atoms with van der Waals surface area (Å²) >= 11 is 0. The topological polar surface area (TPSA) is 90.1 Å². The maximum atomic E-state index is 12.0. The molecule has 8 heteroatoms. The largest absolute Gasteiger partial charge is 0.467 e. The van der Waals surface area contributed by atoms with Crippen LogP contribution in [0, 0.1) is 0 Å². The SMILES string of the molecule is C=C1NC(=O)C2=C(Cc3cc(OCOCOCOC)ccc3N2)N1. The number of amides is 1. The highest BCUT2D eigenvalue weighted by Crippen LogP contribution is 2.31. The molecule has 2 aliphatic rings. The van der Waals surface area contributed by atoms with Gasteiger partial charge in [-0.3, -0.25) is 4.79 Å². The summed E-state index contributed by atoms with van der Waals surface area (Å²) in [5.41, 5.74) is 3.19. The summed E-state index contributed by atoms with van der Waals surface area (Å²) in [6, 6.07) is 5.58. The van der Waals surface area contributed by atoms with Gasteiger partial charge in [-0.1, -0.05) is 6.58 Å².